The fourth-order valence-electron chi connectivity index (χ4n) is 3.82. The van der Waals surface area contributed by atoms with E-state index in [0.717, 1.165) is 17.5 Å². The van der Waals surface area contributed by atoms with Crippen LogP contribution in [0.2, 0.25) is 0 Å². The van der Waals surface area contributed by atoms with Gasteiger partial charge in [-0.3, -0.25) is 9.59 Å². The van der Waals surface area contributed by atoms with Crippen LogP contribution in [0.4, 0.5) is 0 Å². The molecule has 0 saturated carbocycles. The molecule has 2 rings (SSSR count). The molecule has 0 spiro atoms. The van der Waals surface area contributed by atoms with Crippen LogP contribution in [-0.4, -0.2) is 55.1 Å². The minimum atomic E-state index is -3.62. The molecule has 0 fully saturated rings. The number of hydrogen-bond acceptors (Lipinski definition) is 4. The van der Waals surface area contributed by atoms with E-state index in [2.05, 4.69) is 5.32 Å². The molecule has 2 atom stereocenters. The SMILES string of the molecule is CC[C@@H](C)NC(=O)[C@@H](CC)N(Cc1ccccc1C)C(=O)CCCN(C)S(=O)(=O)c1ccccc1. The van der Waals surface area contributed by atoms with Crippen LogP contribution in [0.25, 0.3) is 0 Å². The van der Waals surface area contributed by atoms with E-state index < -0.39 is 16.1 Å². The van der Waals surface area contributed by atoms with Crippen molar-refractivity contribution in [3.8, 4) is 0 Å². The zero-order valence-electron chi connectivity index (χ0n) is 21.5. The molecule has 0 unspecified atom stereocenters. The van der Waals surface area contributed by atoms with Crippen LogP contribution in [0.1, 0.15) is 57.6 Å². The third kappa shape index (κ3) is 7.90. The average Bonchev–Trinajstić information content (AvgIpc) is 2.85. The molecular weight excluding hydrogens is 462 g/mol. The summed E-state index contributed by atoms with van der Waals surface area (Å²) < 4.78 is 26.8. The lowest BCUT2D eigenvalue weighted by Crippen LogP contribution is -2.50. The molecule has 0 bridgehead atoms. The Morgan fingerprint density at radius 3 is 2.20 bits per heavy atom. The lowest BCUT2D eigenvalue weighted by Gasteiger charge is -2.32. The van der Waals surface area contributed by atoms with Crippen LogP contribution in [-0.2, 0) is 26.2 Å². The van der Waals surface area contributed by atoms with Gasteiger partial charge in [-0.15, -0.1) is 0 Å². The Morgan fingerprint density at radius 1 is 0.971 bits per heavy atom. The van der Waals surface area contributed by atoms with Gasteiger partial charge in [-0.25, -0.2) is 12.7 Å². The Balaban J connectivity index is 2.15. The van der Waals surface area contributed by atoms with Crippen molar-refractivity contribution in [1.82, 2.24) is 14.5 Å². The summed E-state index contributed by atoms with van der Waals surface area (Å²) in [5.74, 6) is -0.322. The van der Waals surface area contributed by atoms with Gasteiger partial charge in [0.2, 0.25) is 21.8 Å². The first-order valence-electron chi connectivity index (χ1n) is 12.3. The van der Waals surface area contributed by atoms with Gasteiger partial charge in [-0.05, 0) is 56.4 Å². The highest BCUT2D eigenvalue weighted by atomic mass is 32.2. The van der Waals surface area contributed by atoms with E-state index in [-0.39, 0.29) is 35.7 Å². The van der Waals surface area contributed by atoms with Gasteiger partial charge in [0, 0.05) is 32.6 Å². The number of aryl methyl sites for hydroxylation is 1. The minimum Gasteiger partial charge on any atom is -0.352 e. The Labute approximate surface area is 210 Å². The van der Waals surface area contributed by atoms with Crippen molar-refractivity contribution in [3.63, 3.8) is 0 Å². The molecule has 2 aromatic rings. The highest BCUT2D eigenvalue weighted by molar-refractivity contribution is 7.89. The quantitative estimate of drug-likeness (QED) is 0.447. The van der Waals surface area contributed by atoms with Gasteiger partial charge >= 0.3 is 0 Å². The van der Waals surface area contributed by atoms with Crippen molar-refractivity contribution >= 4 is 21.8 Å². The van der Waals surface area contributed by atoms with Crippen LogP contribution in [0.5, 0.6) is 0 Å². The van der Waals surface area contributed by atoms with Gasteiger partial charge in [0.1, 0.15) is 6.04 Å². The normalized spacial score (nSPS) is 13.3. The van der Waals surface area contributed by atoms with E-state index in [1.807, 2.05) is 52.0 Å². The van der Waals surface area contributed by atoms with Gasteiger partial charge in [0.25, 0.3) is 0 Å². The molecule has 1 N–H and O–H groups in total. The Morgan fingerprint density at radius 2 is 1.60 bits per heavy atom. The molecule has 0 aliphatic heterocycles. The molecule has 35 heavy (non-hydrogen) atoms. The number of nitrogens with one attached hydrogen (secondary N) is 1. The van der Waals surface area contributed by atoms with Crippen molar-refractivity contribution in [2.75, 3.05) is 13.6 Å². The molecule has 0 aromatic heterocycles. The van der Waals surface area contributed by atoms with Crippen molar-refractivity contribution in [3.05, 3.63) is 65.7 Å². The van der Waals surface area contributed by atoms with Crippen LogP contribution in [0, 0.1) is 6.92 Å². The number of sulfonamides is 1. The van der Waals surface area contributed by atoms with Crippen LogP contribution in [0.15, 0.2) is 59.5 Å². The second-order valence-corrected chi connectivity index (χ2v) is 11.0. The summed E-state index contributed by atoms with van der Waals surface area (Å²) in [6.45, 7) is 8.37. The Hall–Kier alpha value is -2.71. The molecule has 0 heterocycles. The first-order valence-corrected chi connectivity index (χ1v) is 13.7. The monoisotopic (exact) mass is 501 g/mol. The van der Waals surface area contributed by atoms with Gasteiger partial charge in [-0.1, -0.05) is 56.3 Å². The fourth-order valence-corrected chi connectivity index (χ4v) is 5.05. The Kier molecular flexibility index (Phi) is 10.9. The molecule has 8 heteroatoms. The summed E-state index contributed by atoms with van der Waals surface area (Å²) >= 11 is 0. The molecule has 2 aromatic carbocycles. The predicted molar refractivity (Wildman–Crippen MR) is 139 cm³/mol. The predicted octanol–water partition coefficient (Wildman–Crippen LogP) is 4.12. The summed E-state index contributed by atoms with van der Waals surface area (Å²) in [5.41, 5.74) is 2.04. The maximum Gasteiger partial charge on any atom is 0.243 e. The van der Waals surface area contributed by atoms with Gasteiger partial charge in [0.05, 0.1) is 4.90 Å². The molecule has 0 aliphatic rings. The first kappa shape index (κ1) is 28.5. The number of nitrogens with zero attached hydrogens (tertiary/aromatic N) is 2. The largest absolute Gasteiger partial charge is 0.352 e. The molecule has 2 amide bonds. The third-order valence-electron chi connectivity index (χ3n) is 6.30. The number of carbonyl (C=O) groups is 2. The van der Waals surface area contributed by atoms with E-state index in [4.69, 9.17) is 0 Å². The van der Waals surface area contributed by atoms with E-state index in [1.165, 1.54) is 11.4 Å². The van der Waals surface area contributed by atoms with E-state index in [9.17, 15) is 18.0 Å². The van der Waals surface area contributed by atoms with Gasteiger partial charge in [0.15, 0.2) is 0 Å². The summed E-state index contributed by atoms with van der Waals surface area (Å²) in [6, 6.07) is 15.5. The summed E-state index contributed by atoms with van der Waals surface area (Å²) in [5, 5.41) is 3.01. The second-order valence-electron chi connectivity index (χ2n) is 8.93. The van der Waals surface area contributed by atoms with Crippen molar-refractivity contribution in [2.24, 2.45) is 0 Å². The van der Waals surface area contributed by atoms with Crippen molar-refractivity contribution in [2.45, 2.75) is 76.9 Å². The minimum absolute atomic E-state index is 0.0174. The van der Waals surface area contributed by atoms with Crippen LogP contribution >= 0.6 is 0 Å². The number of amides is 2. The van der Waals surface area contributed by atoms with Gasteiger partial charge in [-0.2, -0.15) is 0 Å². The number of benzene rings is 2. The molecule has 0 radical (unpaired) electrons. The third-order valence-corrected chi connectivity index (χ3v) is 8.18. The summed E-state index contributed by atoms with van der Waals surface area (Å²) in [6.07, 6.45) is 1.79. The number of carbonyl (C=O) groups excluding carboxylic acids is 2. The smallest absolute Gasteiger partial charge is 0.243 e. The van der Waals surface area contributed by atoms with Gasteiger partial charge < -0.3 is 10.2 Å². The maximum absolute atomic E-state index is 13.4. The highest BCUT2D eigenvalue weighted by Gasteiger charge is 2.29. The zero-order chi connectivity index (χ0) is 26.0. The van der Waals surface area contributed by atoms with Crippen molar-refractivity contribution in [1.29, 1.82) is 0 Å². The lowest BCUT2D eigenvalue weighted by atomic mass is 10.0. The lowest BCUT2D eigenvalue weighted by molar-refractivity contribution is -0.141. The maximum atomic E-state index is 13.4. The fraction of sp³-hybridized carbons (Fsp3) is 0.481. The summed E-state index contributed by atoms with van der Waals surface area (Å²) in [4.78, 5) is 28.3. The number of rotatable bonds is 13. The van der Waals surface area contributed by atoms with Crippen molar-refractivity contribution < 1.29 is 18.0 Å². The number of hydrogen-bond donors (Lipinski definition) is 1. The van der Waals surface area contributed by atoms with E-state index >= 15 is 0 Å². The zero-order valence-corrected chi connectivity index (χ0v) is 22.3. The standard InChI is InChI=1S/C27H39N3O4S/c1-6-22(4)28-27(32)25(7-2)30(20-23-15-12-11-14-21(23)3)26(31)18-13-19-29(5)35(33,34)24-16-9-8-10-17-24/h8-12,14-17,22,25H,6-7,13,18-20H2,1-5H3,(H,28,32)/t22-,25-/m1/s1. The average molecular weight is 502 g/mol. The first-order chi connectivity index (χ1) is 16.6. The molecular formula is C27H39N3O4S. The highest BCUT2D eigenvalue weighted by Crippen LogP contribution is 2.18. The van der Waals surface area contributed by atoms with Crippen LogP contribution in [0.3, 0.4) is 0 Å². The van der Waals surface area contributed by atoms with E-state index in [1.54, 1.807) is 35.2 Å². The molecule has 0 aliphatic carbocycles. The molecule has 7 nitrogen and oxygen atoms in total. The Bertz CT molecular complexity index is 1070. The molecule has 192 valence electrons. The molecule has 0 saturated heterocycles. The summed E-state index contributed by atoms with van der Waals surface area (Å²) in [7, 11) is -2.10. The second kappa shape index (κ2) is 13.4. The topological polar surface area (TPSA) is 86.8 Å². The van der Waals surface area contributed by atoms with E-state index in [0.29, 0.717) is 19.4 Å². The van der Waals surface area contributed by atoms with Crippen LogP contribution < -0.4 is 5.32 Å².